The first-order valence-electron chi connectivity index (χ1n) is 10.3. The number of halogens is 3. The topological polar surface area (TPSA) is 101 Å². The van der Waals surface area contributed by atoms with Crippen molar-refractivity contribution in [3.8, 4) is 0 Å². The van der Waals surface area contributed by atoms with E-state index in [0.717, 1.165) is 16.3 Å². The molecular weight excluding hydrogens is 461 g/mol. The molecule has 1 fully saturated rings. The summed E-state index contributed by atoms with van der Waals surface area (Å²) < 4.78 is 45.8. The summed E-state index contributed by atoms with van der Waals surface area (Å²) >= 11 is 0.844. The van der Waals surface area contributed by atoms with Crippen LogP contribution >= 0.6 is 11.8 Å². The van der Waals surface area contributed by atoms with E-state index in [2.05, 4.69) is 20.8 Å². The van der Waals surface area contributed by atoms with E-state index >= 15 is 0 Å². The molecule has 13 heteroatoms. The first kappa shape index (κ1) is 24.8. The number of carbonyl (C=O) groups is 2. The third-order valence-electron chi connectivity index (χ3n) is 4.53. The van der Waals surface area contributed by atoms with E-state index in [1.807, 2.05) is 13.8 Å². The van der Waals surface area contributed by atoms with Gasteiger partial charge in [0.2, 0.25) is 11.9 Å². The highest BCUT2D eigenvalue weighted by Crippen LogP contribution is 2.28. The van der Waals surface area contributed by atoms with Crippen molar-refractivity contribution in [2.75, 3.05) is 42.3 Å². The van der Waals surface area contributed by atoms with E-state index in [9.17, 15) is 22.8 Å². The molecule has 1 aromatic carbocycles. The van der Waals surface area contributed by atoms with Crippen LogP contribution in [0.15, 0.2) is 29.4 Å². The average Bonchev–Trinajstić information content (AvgIpc) is 3.13. The minimum atomic E-state index is -4.48. The van der Waals surface area contributed by atoms with Crippen LogP contribution in [0.3, 0.4) is 0 Å². The lowest BCUT2D eigenvalue weighted by Crippen LogP contribution is -2.38. The Hall–Kier alpha value is -2.80. The van der Waals surface area contributed by atoms with E-state index in [-0.39, 0.29) is 28.8 Å². The van der Waals surface area contributed by atoms with Crippen LogP contribution in [0.4, 0.5) is 24.8 Å². The van der Waals surface area contributed by atoms with Crippen LogP contribution in [0, 0.1) is 0 Å². The predicted molar refractivity (Wildman–Crippen MR) is 118 cm³/mol. The van der Waals surface area contributed by atoms with Gasteiger partial charge >= 0.3 is 6.18 Å². The molecule has 2 N–H and O–H groups in total. The van der Waals surface area contributed by atoms with Crippen molar-refractivity contribution in [2.45, 2.75) is 37.8 Å². The number of para-hydroxylation sites is 1. The molecule has 0 spiro atoms. The second kappa shape index (κ2) is 10.9. The smallest absolute Gasteiger partial charge is 0.378 e. The zero-order valence-electron chi connectivity index (χ0n) is 18.2. The second-order valence-corrected chi connectivity index (χ2v) is 8.54. The Kier molecular flexibility index (Phi) is 8.19. The van der Waals surface area contributed by atoms with E-state index in [1.54, 1.807) is 29.2 Å². The van der Waals surface area contributed by atoms with Gasteiger partial charge in [0.05, 0.1) is 30.2 Å². The molecule has 2 amide bonds. The second-order valence-electron chi connectivity index (χ2n) is 7.59. The summed E-state index contributed by atoms with van der Waals surface area (Å²) in [5.74, 6) is -0.943. The molecule has 0 bridgehead atoms. The van der Waals surface area contributed by atoms with Gasteiger partial charge in [-0.1, -0.05) is 23.9 Å². The largest absolute Gasteiger partial charge is 0.406 e. The molecule has 0 aliphatic carbocycles. The van der Waals surface area contributed by atoms with Gasteiger partial charge in [0.25, 0.3) is 5.91 Å². The predicted octanol–water partition coefficient (Wildman–Crippen LogP) is 2.55. The Balaban J connectivity index is 1.70. The molecule has 0 radical (unpaired) electrons. The quantitative estimate of drug-likeness (QED) is 0.553. The minimum Gasteiger partial charge on any atom is -0.378 e. The fourth-order valence-corrected chi connectivity index (χ4v) is 3.88. The van der Waals surface area contributed by atoms with Crippen molar-refractivity contribution in [3.63, 3.8) is 0 Å². The lowest BCUT2D eigenvalue weighted by Gasteiger charge is -2.28. The highest BCUT2D eigenvalue weighted by atomic mass is 32.2. The van der Waals surface area contributed by atoms with Crippen LogP contribution in [0.1, 0.15) is 24.2 Å². The molecule has 0 saturated carbocycles. The van der Waals surface area contributed by atoms with Gasteiger partial charge in [0.1, 0.15) is 6.54 Å². The molecule has 33 heavy (non-hydrogen) atoms. The Morgan fingerprint density at radius 3 is 2.55 bits per heavy atom. The standard InChI is InChI=1S/C20H25F3N6O3S/c1-13(2)24-17(31)14-5-3-4-6-15(14)25-16(30)11-33-19-27-26-18(28-7-9-32-10-8-28)29(19)12-20(21,22)23/h3-6,13H,7-12H2,1-2H3,(H,24,31)(H,25,30). The third kappa shape index (κ3) is 7.09. The van der Waals surface area contributed by atoms with Gasteiger partial charge in [-0.25, -0.2) is 0 Å². The summed E-state index contributed by atoms with van der Waals surface area (Å²) in [6.07, 6.45) is -4.48. The van der Waals surface area contributed by atoms with Crippen molar-refractivity contribution >= 4 is 35.2 Å². The Bertz CT molecular complexity index is 976. The maximum absolute atomic E-state index is 13.2. The number of morpholine rings is 1. The molecule has 1 aliphatic rings. The number of benzene rings is 1. The fourth-order valence-electron chi connectivity index (χ4n) is 3.15. The van der Waals surface area contributed by atoms with E-state index < -0.39 is 18.6 Å². The molecular formula is C20H25F3N6O3S. The van der Waals surface area contributed by atoms with Gasteiger partial charge < -0.3 is 20.3 Å². The highest BCUT2D eigenvalue weighted by molar-refractivity contribution is 7.99. The number of nitrogens with one attached hydrogen (secondary N) is 2. The monoisotopic (exact) mass is 486 g/mol. The molecule has 180 valence electrons. The summed E-state index contributed by atoms with van der Waals surface area (Å²) in [6.45, 7) is 3.93. The van der Waals surface area contributed by atoms with Crippen LogP contribution in [-0.2, 0) is 16.1 Å². The molecule has 1 aliphatic heterocycles. The van der Waals surface area contributed by atoms with E-state index in [0.29, 0.717) is 37.6 Å². The maximum Gasteiger partial charge on any atom is 0.406 e. The first-order valence-corrected chi connectivity index (χ1v) is 11.3. The lowest BCUT2D eigenvalue weighted by molar-refractivity contribution is -0.141. The number of carbonyl (C=O) groups excluding carboxylic acids is 2. The maximum atomic E-state index is 13.2. The van der Waals surface area contributed by atoms with Gasteiger partial charge in [0, 0.05) is 19.1 Å². The number of anilines is 2. The number of rotatable bonds is 8. The Morgan fingerprint density at radius 2 is 1.88 bits per heavy atom. The van der Waals surface area contributed by atoms with Gasteiger partial charge in [0.15, 0.2) is 5.16 Å². The molecule has 2 aromatic rings. The van der Waals surface area contributed by atoms with Crippen molar-refractivity contribution in [1.29, 1.82) is 0 Å². The van der Waals surface area contributed by atoms with Crippen LogP contribution in [0.5, 0.6) is 0 Å². The van der Waals surface area contributed by atoms with Crippen LogP contribution < -0.4 is 15.5 Å². The van der Waals surface area contributed by atoms with Crippen LogP contribution in [0.25, 0.3) is 0 Å². The number of hydrogen-bond acceptors (Lipinski definition) is 7. The number of thioether (sulfide) groups is 1. The molecule has 1 saturated heterocycles. The number of alkyl halides is 3. The zero-order valence-corrected chi connectivity index (χ0v) is 19.0. The van der Waals surface area contributed by atoms with Crippen LogP contribution in [-0.4, -0.2) is 70.9 Å². The van der Waals surface area contributed by atoms with Crippen molar-refractivity contribution < 1.29 is 27.5 Å². The lowest BCUT2D eigenvalue weighted by atomic mass is 10.1. The first-order chi connectivity index (χ1) is 15.6. The van der Waals surface area contributed by atoms with Crippen molar-refractivity contribution in [2.24, 2.45) is 0 Å². The SMILES string of the molecule is CC(C)NC(=O)c1ccccc1NC(=O)CSc1nnc(N2CCOCC2)n1CC(F)(F)F. The summed E-state index contributed by atoms with van der Waals surface area (Å²) in [5, 5.41) is 13.2. The highest BCUT2D eigenvalue weighted by Gasteiger charge is 2.33. The van der Waals surface area contributed by atoms with Gasteiger partial charge in [-0.3, -0.25) is 14.2 Å². The molecule has 0 unspecified atom stereocenters. The van der Waals surface area contributed by atoms with Crippen LogP contribution in [0.2, 0.25) is 0 Å². The third-order valence-corrected chi connectivity index (χ3v) is 5.49. The number of hydrogen-bond donors (Lipinski definition) is 2. The Labute approximate surface area is 193 Å². The van der Waals surface area contributed by atoms with E-state index in [1.165, 1.54) is 0 Å². The summed E-state index contributed by atoms with van der Waals surface area (Å²) in [7, 11) is 0. The molecule has 2 heterocycles. The number of amides is 2. The minimum absolute atomic E-state index is 0.0187. The van der Waals surface area contributed by atoms with Crippen molar-refractivity contribution in [1.82, 2.24) is 20.1 Å². The van der Waals surface area contributed by atoms with Gasteiger partial charge in [-0.2, -0.15) is 13.2 Å². The summed E-state index contributed by atoms with van der Waals surface area (Å²) in [5.41, 5.74) is 0.603. The normalized spacial score (nSPS) is 14.4. The summed E-state index contributed by atoms with van der Waals surface area (Å²) in [6, 6.07) is 6.42. The zero-order chi connectivity index (χ0) is 24.0. The molecule has 9 nitrogen and oxygen atoms in total. The number of aromatic nitrogens is 3. The summed E-state index contributed by atoms with van der Waals surface area (Å²) in [4.78, 5) is 26.6. The average molecular weight is 487 g/mol. The van der Waals surface area contributed by atoms with E-state index in [4.69, 9.17) is 4.74 Å². The molecule has 3 rings (SSSR count). The molecule has 1 aromatic heterocycles. The molecule has 0 atom stereocenters. The van der Waals surface area contributed by atoms with Gasteiger partial charge in [-0.05, 0) is 26.0 Å². The Morgan fingerprint density at radius 1 is 1.18 bits per heavy atom. The number of ether oxygens (including phenoxy) is 1. The van der Waals surface area contributed by atoms with Gasteiger partial charge in [-0.15, -0.1) is 10.2 Å². The number of nitrogens with zero attached hydrogens (tertiary/aromatic N) is 4. The fraction of sp³-hybridized carbons (Fsp3) is 0.500. The van der Waals surface area contributed by atoms with Crippen molar-refractivity contribution in [3.05, 3.63) is 29.8 Å².